The molecule has 0 spiro atoms. The zero-order chi connectivity index (χ0) is 27.6. The number of aromatic nitrogens is 1. The first-order valence-corrected chi connectivity index (χ1v) is 11.8. The minimum atomic E-state index is -4.49. The van der Waals surface area contributed by atoms with Gasteiger partial charge < -0.3 is 14.3 Å². The topological polar surface area (TPSA) is 84.6 Å². The van der Waals surface area contributed by atoms with Crippen molar-refractivity contribution in [3.05, 3.63) is 108 Å². The predicted octanol–water partition coefficient (Wildman–Crippen LogP) is 7.66. The van der Waals surface area contributed by atoms with E-state index in [9.17, 15) is 23.1 Å². The van der Waals surface area contributed by atoms with Crippen molar-refractivity contribution in [1.29, 1.82) is 0 Å². The summed E-state index contributed by atoms with van der Waals surface area (Å²) in [6.45, 7) is 0. The summed E-state index contributed by atoms with van der Waals surface area (Å²) in [4.78, 5) is 18.0. The Morgan fingerprint density at radius 3 is 2.23 bits per heavy atom. The lowest BCUT2D eigenvalue weighted by Gasteiger charge is -2.12. The molecule has 1 amide bonds. The highest BCUT2D eigenvalue weighted by Crippen LogP contribution is 2.37. The van der Waals surface area contributed by atoms with Crippen molar-refractivity contribution >= 4 is 11.8 Å². The van der Waals surface area contributed by atoms with Crippen LogP contribution in [-0.2, 0) is 6.18 Å². The number of nitrogens with one attached hydrogen (secondary N) is 1. The number of aromatic hydroxyl groups is 1. The zero-order valence-electron chi connectivity index (χ0n) is 20.5. The molecule has 39 heavy (non-hydrogen) atoms. The Hall–Kier alpha value is -5.05. The van der Waals surface area contributed by atoms with Gasteiger partial charge in [0, 0.05) is 28.3 Å². The number of methoxy groups -OCH3 is 1. The van der Waals surface area contributed by atoms with Crippen LogP contribution in [0.3, 0.4) is 0 Å². The second-order valence-corrected chi connectivity index (χ2v) is 8.52. The standard InChI is InChI=1S/C30H21F3N2O4/c1-38-21-15-16-23(25(36)17-21)22-9-5-6-10-24(22)27(37)35-29-26(18-11-13-20(14-12-18)30(31,32)33)34-28(39-29)19-7-3-2-4-8-19/h2-17,36H,1H3,(H,35,37). The van der Waals surface area contributed by atoms with E-state index in [2.05, 4.69) is 10.3 Å². The minimum Gasteiger partial charge on any atom is -0.507 e. The average molecular weight is 531 g/mol. The number of amides is 1. The lowest BCUT2D eigenvalue weighted by Crippen LogP contribution is -2.13. The van der Waals surface area contributed by atoms with E-state index < -0.39 is 17.6 Å². The van der Waals surface area contributed by atoms with E-state index in [-0.39, 0.29) is 28.8 Å². The number of hydrogen-bond donors (Lipinski definition) is 2. The van der Waals surface area contributed by atoms with E-state index in [1.54, 1.807) is 60.7 Å². The Balaban J connectivity index is 1.55. The van der Waals surface area contributed by atoms with Crippen molar-refractivity contribution in [2.75, 3.05) is 12.4 Å². The van der Waals surface area contributed by atoms with Gasteiger partial charge in [0.25, 0.3) is 5.91 Å². The normalized spacial score (nSPS) is 11.3. The number of carbonyl (C=O) groups is 1. The van der Waals surface area contributed by atoms with Crippen molar-refractivity contribution in [2.45, 2.75) is 6.18 Å². The van der Waals surface area contributed by atoms with E-state index in [1.165, 1.54) is 25.3 Å². The van der Waals surface area contributed by atoms with E-state index in [0.29, 0.717) is 28.0 Å². The summed E-state index contributed by atoms with van der Waals surface area (Å²) in [6.07, 6.45) is -4.49. The van der Waals surface area contributed by atoms with Crippen LogP contribution >= 0.6 is 0 Å². The van der Waals surface area contributed by atoms with Crippen molar-refractivity contribution in [3.8, 4) is 45.3 Å². The minimum absolute atomic E-state index is 0.0348. The Bertz CT molecular complexity index is 1630. The zero-order valence-corrected chi connectivity index (χ0v) is 20.5. The molecule has 5 aromatic rings. The first-order valence-electron chi connectivity index (χ1n) is 11.8. The third-order valence-electron chi connectivity index (χ3n) is 6.03. The molecular formula is C30H21F3N2O4. The summed E-state index contributed by atoms with van der Waals surface area (Å²) in [6, 6.07) is 24.7. The second kappa shape index (κ2) is 10.4. The van der Waals surface area contributed by atoms with Gasteiger partial charge in [-0.25, -0.2) is 4.98 Å². The van der Waals surface area contributed by atoms with Gasteiger partial charge in [0.05, 0.1) is 12.7 Å². The Labute approximate surface area is 221 Å². The molecule has 0 fully saturated rings. The van der Waals surface area contributed by atoms with Crippen molar-refractivity contribution in [1.82, 2.24) is 4.98 Å². The number of ether oxygens (including phenoxy) is 1. The van der Waals surface area contributed by atoms with Crippen LogP contribution in [0.2, 0.25) is 0 Å². The van der Waals surface area contributed by atoms with E-state index in [1.807, 2.05) is 6.07 Å². The maximum Gasteiger partial charge on any atom is 0.416 e. The largest absolute Gasteiger partial charge is 0.507 e. The van der Waals surface area contributed by atoms with E-state index in [4.69, 9.17) is 9.15 Å². The third kappa shape index (κ3) is 5.33. The number of hydrogen-bond acceptors (Lipinski definition) is 5. The molecule has 9 heteroatoms. The highest BCUT2D eigenvalue weighted by Gasteiger charge is 2.30. The first kappa shape index (κ1) is 25.6. The Morgan fingerprint density at radius 1 is 0.872 bits per heavy atom. The number of oxazole rings is 1. The predicted molar refractivity (Wildman–Crippen MR) is 140 cm³/mol. The first-order chi connectivity index (χ1) is 18.7. The molecule has 0 bridgehead atoms. The number of alkyl halides is 3. The summed E-state index contributed by atoms with van der Waals surface area (Å²) >= 11 is 0. The van der Waals surface area contributed by atoms with Gasteiger partial charge in [0.2, 0.25) is 11.8 Å². The maximum atomic E-state index is 13.5. The molecule has 6 nitrogen and oxygen atoms in total. The van der Waals surface area contributed by atoms with Gasteiger partial charge in [0.1, 0.15) is 17.2 Å². The molecule has 0 aliphatic heterocycles. The fraction of sp³-hybridized carbons (Fsp3) is 0.0667. The van der Waals surface area contributed by atoms with Crippen LogP contribution in [0.4, 0.5) is 19.1 Å². The molecule has 1 aromatic heterocycles. The number of anilines is 1. The van der Waals surface area contributed by atoms with Gasteiger partial charge in [-0.2, -0.15) is 13.2 Å². The maximum absolute atomic E-state index is 13.5. The average Bonchev–Trinajstić information content (AvgIpc) is 3.36. The number of halogens is 3. The molecule has 4 aromatic carbocycles. The van der Waals surface area contributed by atoms with Crippen molar-refractivity contribution in [2.24, 2.45) is 0 Å². The van der Waals surface area contributed by atoms with E-state index >= 15 is 0 Å². The molecule has 1 heterocycles. The summed E-state index contributed by atoms with van der Waals surface area (Å²) in [5, 5.41) is 13.3. The molecular weight excluding hydrogens is 509 g/mol. The number of carbonyl (C=O) groups excluding carboxylic acids is 1. The van der Waals surface area contributed by atoms with Gasteiger partial charge in [-0.15, -0.1) is 0 Å². The summed E-state index contributed by atoms with van der Waals surface area (Å²) in [5.74, 6) is -0.0421. The van der Waals surface area contributed by atoms with Gasteiger partial charge in [-0.3, -0.25) is 10.1 Å². The fourth-order valence-corrected chi connectivity index (χ4v) is 4.07. The van der Waals surface area contributed by atoms with Crippen LogP contribution in [0.5, 0.6) is 11.5 Å². The van der Waals surface area contributed by atoms with Crippen LogP contribution in [0.15, 0.2) is 101 Å². The van der Waals surface area contributed by atoms with E-state index in [0.717, 1.165) is 12.1 Å². The van der Waals surface area contributed by atoms with Gasteiger partial charge >= 0.3 is 6.18 Å². The highest BCUT2D eigenvalue weighted by molar-refractivity contribution is 6.09. The number of rotatable bonds is 6. The van der Waals surface area contributed by atoms with Crippen LogP contribution in [0.1, 0.15) is 15.9 Å². The van der Waals surface area contributed by atoms with Crippen molar-refractivity contribution < 1.29 is 32.2 Å². The molecule has 0 unspecified atom stereocenters. The number of phenols is 1. The number of phenolic OH excluding ortho intramolecular Hbond substituents is 1. The molecule has 5 rings (SSSR count). The van der Waals surface area contributed by atoms with Crippen molar-refractivity contribution in [3.63, 3.8) is 0 Å². The lowest BCUT2D eigenvalue weighted by molar-refractivity contribution is -0.137. The fourth-order valence-electron chi connectivity index (χ4n) is 4.07. The SMILES string of the molecule is COc1ccc(-c2ccccc2C(=O)Nc2oc(-c3ccccc3)nc2-c2ccc(C(F)(F)F)cc2)c(O)c1. The summed E-state index contributed by atoms with van der Waals surface area (Å²) in [5.41, 5.74) is 1.40. The highest BCUT2D eigenvalue weighted by atomic mass is 19.4. The van der Waals surface area contributed by atoms with Gasteiger partial charge in [-0.05, 0) is 48.0 Å². The smallest absolute Gasteiger partial charge is 0.416 e. The summed E-state index contributed by atoms with van der Waals surface area (Å²) < 4.78 is 50.4. The monoisotopic (exact) mass is 530 g/mol. The Kier molecular flexibility index (Phi) is 6.81. The van der Waals surface area contributed by atoms with Crippen LogP contribution in [0, 0.1) is 0 Å². The molecule has 0 radical (unpaired) electrons. The lowest BCUT2D eigenvalue weighted by atomic mass is 9.98. The third-order valence-corrected chi connectivity index (χ3v) is 6.03. The number of benzene rings is 4. The number of nitrogens with zero attached hydrogens (tertiary/aromatic N) is 1. The molecule has 0 saturated heterocycles. The molecule has 0 aliphatic carbocycles. The van der Waals surface area contributed by atoms with Gasteiger partial charge in [-0.1, -0.05) is 48.5 Å². The van der Waals surface area contributed by atoms with Crippen LogP contribution in [0.25, 0.3) is 33.8 Å². The van der Waals surface area contributed by atoms with Crippen LogP contribution in [-0.4, -0.2) is 23.1 Å². The van der Waals surface area contributed by atoms with Crippen LogP contribution < -0.4 is 10.1 Å². The Morgan fingerprint density at radius 2 is 1.56 bits per heavy atom. The quantitative estimate of drug-likeness (QED) is 0.235. The molecule has 0 aliphatic rings. The molecule has 2 N–H and O–H groups in total. The summed E-state index contributed by atoms with van der Waals surface area (Å²) in [7, 11) is 1.48. The second-order valence-electron chi connectivity index (χ2n) is 8.52. The molecule has 196 valence electrons. The molecule has 0 saturated carbocycles. The van der Waals surface area contributed by atoms with Gasteiger partial charge in [0.15, 0.2) is 0 Å². The molecule has 0 atom stereocenters.